The van der Waals surface area contributed by atoms with Crippen molar-refractivity contribution in [3.8, 4) is 0 Å². The first-order valence-corrected chi connectivity index (χ1v) is 4.69. The number of halogens is 1. The molecular weight excluding hydrogens is 204 g/mol. The molecule has 2 rings (SSSR count). The highest BCUT2D eigenvalue weighted by atomic mass is 35.5. The van der Waals surface area contributed by atoms with E-state index >= 15 is 0 Å². The van der Waals surface area contributed by atoms with Gasteiger partial charge in [-0.2, -0.15) is 0 Å². The highest BCUT2D eigenvalue weighted by Gasteiger charge is 2.24. The topological polar surface area (TPSA) is 69.2 Å². The number of nitro benzene ring substituents is 1. The second kappa shape index (κ2) is 3.22. The van der Waals surface area contributed by atoms with Gasteiger partial charge in [-0.3, -0.25) is 10.1 Å². The first-order valence-electron chi connectivity index (χ1n) is 4.32. The lowest BCUT2D eigenvalue weighted by Gasteiger charge is -2.05. The normalized spacial score (nSPS) is 19.4. The fraction of sp³-hybridized carbons (Fsp3) is 0.333. The Morgan fingerprint density at radius 1 is 1.57 bits per heavy atom. The lowest BCUT2D eigenvalue weighted by Crippen LogP contribution is -2.05. The quantitative estimate of drug-likeness (QED) is 0.573. The van der Waals surface area contributed by atoms with Crippen LogP contribution in [0.2, 0.25) is 5.02 Å². The number of nitro groups is 1. The van der Waals surface area contributed by atoms with Crippen LogP contribution in [0.25, 0.3) is 0 Å². The number of hydrogen-bond donors (Lipinski definition) is 1. The van der Waals surface area contributed by atoms with Gasteiger partial charge in [0, 0.05) is 18.2 Å². The van der Waals surface area contributed by atoms with Crippen molar-refractivity contribution < 1.29 is 4.92 Å². The second-order valence-electron chi connectivity index (χ2n) is 3.40. The summed E-state index contributed by atoms with van der Waals surface area (Å²) >= 11 is 5.92. The molecular formula is C9H9ClN2O2. The predicted octanol–water partition coefficient (Wildman–Crippen LogP) is 2.19. The molecule has 0 saturated heterocycles. The van der Waals surface area contributed by atoms with Crippen LogP contribution in [0.1, 0.15) is 23.6 Å². The molecule has 1 aromatic carbocycles. The van der Waals surface area contributed by atoms with E-state index in [1.54, 1.807) is 0 Å². The molecule has 1 aliphatic rings. The van der Waals surface area contributed by atoms with Crippen molar-refractivity contribution in [1.82, 2.24) is 0 Å². The van der Waals surface area contributed by atoms with Crippen molar-refractivity contribution in [3.63, 3.8) is 0 Å². The highest BCUT2D eigenvalue weighted by molar-refractivity contribution is 6.31. The maximum Gasteiger partial charge on any atom is 0.271 e. The van der Waals surface area contributed by atoms with E-state index in [1.165, 1.54) is 12.1 Å². The first-order chi connectivity index (χ1) is 6.59. The molecule has 74 valence electrons. The van der Waals surface area contributed by atoms with Gasteiger partial charge in [-0.25, -0.2) is 0 Å². The molecule has 1 aliphatic carbocycles. The molecule has 1 aromatic rings. The molecule has 4 nitrogen and oxygen atoms in total. The van der Waals surface area contributed by atoms with Gasteiger partial charge in [0.1, 0.15) is 0 Å². The Labute approximate surface area is 85.8 Å². The molecule has 0 radical (unpaired) electrons. The standard InChI is InChI=1S/C9H9ClN2O2/c10-8-4-5(12(13)14)3-7-6(8)1-2-9(7)11/h3-4,9H,1-2,11H2/t9-/m0/s1. The average Bonchev–Trinajstić information content (AvgIpc) is 2.48. The molecule has 0 fully saturated rings. The number of nitrogens with zero attached hydrogens (tertiary/aromatic N) is 1. The Morgan fingerprint density at radius 2 is 2.29 bits per heavy atom. The fourth-order valence-corrected chi connectivity index (χ4v) is 2.11. The number of rotatable bonds is 1. The van der Waals surface area contributed by atoms with Gasteiger partial charge in [0.25, 0.3) is 5.69 Å². The third kappa shape index (κ3) is 1.36. The smallest absolute Gasteiger partial charge is 0.271 e. The monoisotopic (exact) mass is 212 g/mol. The van der Waals surface area contributed by atoms with E-state index in [-0.39, 0.29) is 11.7 Å². The molecule has 0 amide bonds. The van der Waals surface area contributed by atoms with Gasteiger partial charge >= 0.3 is 0 Å². The van der Waals surface area contributed by atoms with Gasteiger partial charge in [0.05, 0.1) is 9.95 Å². The van der Waals surface area contributed by atoms with Crippen molar-refractivity contribution >= 4 is 17.3 Å². The van der Waals surface area contributed by atoms with Crippen LogP contribution in [0.5, 0.6) is 0 Å². The number of nitrogens with two attached hydrogens (primary N) is 1. The fourth-order valence-electron chi connectivity index (χ4n) is 1.80. The molecule has 0 spiro atoms. The summed E-state index contributed by atoms with van der Waals surface area (Å²) in [6, 6.07) is 2.81. The van der Waals surface area contributed by atoms with Gasteiger partial charge in [0.15, 0.2) is 0 Å². The van der Waals surface area contributed by atoms with Gasteiger partial charge in [-0.1, -0.05) is 11.6 Å². The average molecular weight is 213 g/mol. The van der Waals surface area contributed by atoms with Crippen LogP contribution >= 0.6 is 11.6 Å². The summed E-state index contributed by atoms with van der Waals surface area (Å²) in [7, 11) is 0. The summed E-state index contributed by atoms with van der Waals surface area (Å²) in [5.74, 6) is 0. The van der Waals surface area contributed by atoms with Gasteiger partial charge < -0.3 is 5.73 Å². The van der Waals surface area contributed by atoms with Gasteiger partial charge in [-0.05, 0) is 24.0 Å². The molecule has 1 atom stereocenters. The van der Waals surface area contributed by atoms with Crippen LogP contribution in [-0.4, -0.2) is 4.92 Å². The van der Waals surface area contributed by atoms with Crippen LogP contribution < -0.4 is 5.73 Å². The molecule has 0 aliphatic heterocycles. The third-order valence-electron chi connectivity index (χ3n) is 2.53. The van der Waals surface area contributed by atoms with Gasteiger partial charge in [0.2, 0.25) is 0 Å². The third-order valence-corrected chi connectivity index (χ3v) is 2.87. The Balaban J connectivity index is 2.58. The molecule has 0 saturated carbocycles. The SMILES string of the molecule is N[C@H]1CCc2c(Cl)cc([N+](=O)[O-])cc21. The van der Waals surface area contributed by atoms with Crippen LogP contribution in [0.3, 0.4) is 0 Å². The van der Waals surface area contributed by atoms with Crippen molar-refractivity contribution in [2.45, 2.75) is 18.9 Å². The number of non-ortho nitro benzene ring substituents is 1. The summed E-state index contributed by atoms with van der Waals surface area (Å²) in [6.45, 7) is 0. The van der Waals surface area contributed by atoms with E-state index < -0.39 is 4.92 Å². The van der Waals surface area contributed by atoms with Crippen LogP contribution in [0.4, 0.5) is 5.69 Å². The van der Waals surface area contributed by atoms with Gasteiger partial charge in [-0.15, -0.1) is 0 Å². The summed E-state index contributed by atoms with van der Waals surface area (Å²) in [4.78, 5) is 10.1. The summed E-state index contributed by atoms with van der Waals surface area (Å²) in [5.41, 5.74) is 7.61. The van der Waals surface area contributed by atoms with Crippen LogP contribution in [0, 0.1) is 10.1 Å². The lowest BCUT2D eigenvalue weighted by molar-refractivity contribution is -0.384. The summed E-state index contributed by atoms with van der Waals surface area (Å²) in [6.07, 6.45) is 1.63. The molecule has 0 bridgehead atoms. The number of fused-ring (bicyclic) bond motifs is 1. The minimum atomic E-state index is -0.447. The van der Waals surface area contributed by atoms with Crippen LogP contribution in [0.15, 0.2) is 12.1 Å². The molecule has 0 heterocycles. The maximum atomic E-state index is 10.6. The highest BCUT2D eigenvalue weighted by Crippen LogP contribution is 2.37. The molecule has 0 unspecified atom stereocenters. The number of hydrogen-bond acceptors (Lipinski definition) is 3. The summed E-state index contributed by atoms with van der Waals surface area (Å²) < 4.78 is 0. The van der Waals surface area contributed by atoms with Crippen molar-refractivity contribution in [2.24, 2.45) is 5.73 Å². The van der Waals surface area contributed by atoms with E-state index in [1.807, 2.05) is 0 Å². The zero-order chi connectivity index (χ0) is 10.3. The Hall–Kier alpha value is -1.13. The van der Waals surface area contributed by atoms with Crippen molar-refractivity contribution in [2.75, 3.05) is 0 Å². The predicted molar refractivity (Wildman–Crippen MR) is 53.4 cm³/mol. The van der Waals surface area contributed by atoms with E-state index in [4.69, 9.17) is 17.3 Å². The molecule has 14 heavy (non-hydrogen) atoms. The second-order valence-corrected chi connectivity index (χ2v) is 3.80. The minimum absolute atomic E-state index is 0.0195. The van der Waals surface area contributed by atoms with Crippen molar-refractivity contribution in [3.05, 3.63) is 38.4 Å². The Bertz CT molecular complexity index is 406. The summed E-state index contributed by atoms with van der Waals surface area (Å²) in [5, 5.41) is 11.0. The zero-order valence-electron chi connectivity index (χ0n) is 7.37. The lowest BCUT2D eigenvalue weighted by atomic mass is 10.1. The molecule has 2 N–H and O–H groups in total. The Morgan fingerprint density at radius 3 is 2.93 bits per heavy atom. The Kier molecular flexibility index (Phi) is 2.17. The van der Waals surface area contributed by atoms with E-state index in [0.29, 0.717) is 5.02 Å². The zero-order valence-corrected chi connectivity index (χ0v) is 8.12. The minimum Gasteiger partial charge on any atom is -0.324 e. The van der Waals surface area contributed by atoms with E-state index in [0.717, 1.165) is 24.0 Å². The maximum absolute atomic E-state index is 10.6. The largest absolute Gasteiger partial charge is 0.324 e. The first kappa shape index (κ1) is 9.43. The van der Waals surface area contributed by atoms with E-state index in [9.17, 15) is 10.1 Å². The number of benzene rings is 1. The molecule has 0 aromatic heterocycles. The van der Waals surface area contributed by atoms with Crippen LogP contribution in [-0.2, 0) is 6.42 Å². The molecule has 5 heteroatoms. The van der Waals surface area contributed by atoms with Crippen molar-refractivity contribution in [1.29, 1.82) is 0 Å². The van der Waals surface area contributed by atoms with E-state index in [2.05, 4.69) is 0 Å².